The molecule has 112 valence electrons. The average Bonchev–Trinajstić information content (AvgIpc) is 2.76. The Morgan fingerprint density at radius 3 is 3.00 bits per heavy atom. The molecule has 1 aromatic heterocycles. The molecule has 0 bridgehead atoms. The van der Waals surface area contributed by atoms with Gasteiger partial charge in [-0.3, -0.25) is 14.3 Å². The van der Waals surface area contributed by atoms with Gasteiger partial charge in [-0.15, -0.1) is 0 Å². The van der Waals surface area contributed by atoms with Crippen LogP contribution in [0.2, 0.25) is 0 Å². The van der Waals surface area contributed by atoms with Crippen molar-refractivity contribution in [3.05, 3.63) is 32.6 Å². The topological polar surface area (TPSA) is 105 Å². The fourth-order valence-corrected chi connectivity index (χ4v) is 2.93. The Kier molecular flexibility index (Phi) is 5.03. The van der Waals surface area contributed by atoms with E-state index in [-0.39, 0.29) is 12.7 Å². The fraction of sp³-hybridized carbons (Fsp3) is 0.667. The Morgan fingerprint density at radius 1 is 1.55 bits per heavy atom. The highest BCUT2D eigenvalue weighted by Crippen LogP contribution is 2.29. The number of nitrogens with zero attached hydrogens (tertiary/aromatic N) is 1. The Hall–Kier alpha value is -1.09. The molecular formula is C12H18N2O5S. The highest BCUT2D eigenvalue weighted by atomic mass is 32.2. The van der Waals surface area contributed by atoms with E-state index in [0.717, 1.165) is 0 Å². The molecule has 2 heterocycles. The van der Waals surface area contributed by atoms with Crippen LogP contribution in [0.1, 0.15) is 18.2 Å². The monoisotopic (exact) mass is 302 g/mol. The molecule has 8 heteroatoms. The predicted octanol–water partition coefficient (Wildman–Crippen LogP) is -0.781. The second kappa shape index (κ2) is 6.57. The summed E-state index contributed by atoms with van der Waals surface area (Å²) in [5.41, 5.74) is -0.540. The third kappa shape index (κ3) is 3.32. The number of thioether (sulfide) groups is 1. The SMILES string of the molecule is Cc1cn([C@H]2C[C@H](O)[C@@H](CSCCO)O2)c(=O)[nH]c1=O. The molecule has 20 heavy (non-hydrogen) atoms. The van der Waals surface area contributed by atoms with Crippen molar-refractivity contribution in [3.63, 3.8) is 0 Å². The van der Waals surface area contributed by atoms with Crippen molar-refractivity contribution < 1.29 is 14.9 Å². The van der Waals surface area contributed by atoms with Gasteiger partial charge in [0.25, 0.3) is 5.56 Å². The third-order valence-corrected chi connectivity index (χ3v) is 4.21. The molecule has 2 rings (SSSR count). The Balaban J connectivity index is 2.10. The predicted molar refractivity (Wildman–Crippen MR) is 75.0 cm³/mol. The van der Waals surface area contributed by atoms with Gasteiger partial charge in [0.05, 0.1) is 18.8 Å². The molecule has 0 aliphatic carbocycles. The molecule has 0 spiro atoms. The number of aryl methyl sites for hydroxylation is 1. The van der Waals surface area contributed by atoms with Gasteiger partial charge in [0.2, 0.25) is 0 Å². The van der Waals surface area contributed by atoms with Crippen molar-refractivity contribution in [2.45, 2.75) is 31.8 Å². The van der Waals surface area contributed by atoms with E-state index in [1.165, 1.54) is 22.5 Å². The normalized spacial score (nSPS) is 26.1. The molecule has 7 nitrogen and oxygen atoms in total. The standard InChI is InChI=1S/C12H18N2O5S/c1-7-5-14(12(18)13-11(7)17)10-4-8(16)9(19-10)6-20-3-2-15/h5,8-10,15-16H,2-4,6H2,1H3,(H,13,17,18)/t8-,9+,10+/m0/s1. The lowest BCUT2D eigenvalue weighted by atomic mass is 10.2. The summed E-state index contributed by atoms with van der Waals surface area (Å²) in [6.45, 7) is 1.68. The smallest absolute Gasteiger partial charge is 0.330 e. The first-order valence-corrected chi connectivity index (χ1v) is 7.52. The van der Waals surface area contributed by atoms with Gasteiger partial charge in [0.15, 0.2) is 0 Å². The van der Waals surface area contributed by atoms with E-state index in [4.69, 9.17) is 9.84 Å². The summed E-state index contributed by atoms with van der Waals surface area (Å²) >= 11 is 1.48. The minimum absolute atomic E-state index is 0.0789. The van der Waals surface area contributed by atoms with E-state index < -0.39 is 23.6 Å². The number of hydrogen-bond acceptors (Lipinski definition) is 6. The lowest BCUT2D eigenvalue weighted by Crippen LogP contribution is -2.33. The molecule has 3 atom stereocenters. The number of aromatic amines is 1. The van der Waals surface area contributed by atoms with Crippen LogP contribution in [0.5, 0.6) is 0 Å². The first-order valence-electron chi connectivity index (χ1n) is 6.37. The van der Waals surface area contributed by atoms with Crippen LogP contribution >= 0.6 is 11.8 Å². The number of aromatic nitrogens is 2. The van der Waals surface area contributed by atoms with Gasteiger partial charge >= 0.3 is 5.69 Å². The van der Waals surface area contributed by atoms with Gasteiger partial charge < -0.3 is 14.9 Å². The van der Waals surface area contributed by atoms with Crippen molar-refractivity contribution >= 4 is 11.8 Å². The van der Waals surface area contributed by atoms with Crippen LogP contribution in [-0.2, 0) is 4.74 Å². The summed E-state index contributed by atoms with van der Waals surface area (Å²) in [6, 6.07) is 0. The first kappa shape index (κ1) is 15.3. The van der Waals surface area contributed by atoms with E-state index in [0.29, 0.717) is 23.5 Å². The average molecular weight is 302 g/mol. The van der Waals surface area contributed by atoms with Gasteiger partial charge in [0.1, 0.15) is 6.23 Å². The quantitative estimate of drug-likeness (QED) is 0.616. The van der Waals surface area contributed by atoms with Crippen LogP contribution in [-0.4, -0.2) is 50.1 Å². The molecule has 0 amide bonds. The molecule has 0 aromatic carbocycles. The van der Waals surface area contributed by atoms with Gasteiger partial charge in [0, 0.05) is 29.7 Å². The number of nitrogens with one attached hydrogen (secondary N) is 1. The Bertz CT molecular complexity index is 570. The Morgan fingerprint density at radius 2 is 2.30 bits per heavy atom. The number of H-pyrrole nitrogens is 1. The largest absolute Gasteiger partial charge is 0.396 e. The molecule has 1 aliphatic heterocycles. The van der Waals surface area contributed by atoms with E-state index >= 15 is 0 Å². The van der Waals surface area contributed by atoms with Crippen molar-refractivity contribution in [1.82, 2.24) is 9.55 Å². The maximum atomic E-state index is 11.8. The minimum Gasteiger partial charge on any atom is -0.396 e. The first-order chi connectivity index (χ1) is 9.52. The zero-order valence-electron chi connectivity index (χ0n) is 11.1. The summed E-state index contributed by atoms with van der Waals surface area (Å²) in [5, 5.41) is 18.7. The van der Waals surface area contributed by atoms with Gasteiger partial charge in [-0.2, -0.15) is 11.8 Å². The van der Waals surface area contributed by atoms with Crippen LogP contribution in [0, 0.1) is 6.92 Å². The fourth-order valence-electron chi connectivity index (χ4n) is 2.10. The van der Waals surface area contributed by atoms with E-state index in [1.807, 2.05) is 0 Å². The summed E-state index contributed by atoms with van der Waals surface area (Å²) in [7, 11) is 0. The third-order valence-electron chi connectivity index (χ3n) is 3.18. The van der Waals surface area contributed by atoms with Crippen molar-refractivity contribution in [2.24, 2.45) is 0 Å². The number of rotatable bonds is 5. The maximum Gasteiger partial charge on any atom is 0.330 e. The number of aliphatic hydroxyl groups is 2. The summed E-state index contributed by atoms with van der Waals surface area (Å²) in [5.74, 6) is 1.13. The maximum absolute atomic E-state index is 11.8. The Labute approximate surface area is 119 Å². The van der Waals surface area contributed by atoms with Crippen LogP contribution in [0.3, 0.4) is 0 Å². The van der Waals surface area contributed by atoms with E-state index in [1.54, 1.807) is 6.92 Å². The molecule has 1 aliphatic rings. The van der Waals surface area contributed by atoms with Crippen molar-refractivity contribution in [3.8, 4) is 0 Å². The molecule has 1 fully saturated rings. The molecular weight excluding hydrogens is 284 g/mol. The molecule has 0 radical (unpaired) electrons. The van der Waals surface area contributed by atoms with Crippen LogP contribution in [0.25, 0.3) is 0 Å². The molecule has 0 saturated carbocycles. The van der Waals surface area contributed by atoms with Crippen LogP contribution in [0.4, 0.5) is 0 Å². The highest BCUT2D eigenvalue weighted by Gasteiger charge is 2.35. The minimum atomic E-state index is -0.662. The van der Waals surface area contributed by atoms with Gasteiger partial charge in [-0.25, -0.2) is 4.79 Å². The number of ether oxygens (including phenoxy) is 1. The highest BCUT2D eigenvalue weighted by molar-refractivity contribution is 7.99. The van der Waals surface area contributed by atoms with Gasteiger partial charge in [-0.05, 0) is 6.92 Å². The van der Waals surface area contributed by atoms with E-state index in [9.17, 15) is 14.7 Å². The molecule has 3 N–H and O–H groups in total. The van der Waals surface area contributed by atoms with Gasteiger partial charge in [-0.1, -0.05) is 0 Å². The van der Waals surface area contributed by atoms with E-state index in [2.05, 4.69) is 4.98 Å². The van der Waals surface area contributed by atoms with Crippen molar-refractivity contribution in [2.75, 3.05) is 18.1 Å². The number of aliphatic hydroxyl groups excluding tert-OH is 2. The second-order valence-corrected chi connectivity index (χ2v) is 5.86. The summed E-state index contributed by atoms with van der Waals surface area (Å²) < 4.78 is 6.97. The van der Waals surface area contributed by atoms with Crippen LogP contribution in [0.15, 0.2) is 15.8 Å². The van der Waals surface area contributed by atoms with Crippen LogP contribution < -0.4 is 11.2 Å². The lowest BCUT2D eigenvalue weighted by molar-refractivity contribution is -0.00765. The lowest BCUT2D eigenvalue weighted by Gasteiger charge is -2.15. The zero-order valence-corrected chi connectivity index (χ0v) is 11.9. The summed E-state index contributed by atoms with van der Waals surface area (Å²) in [6.07, 6.45) is 0.131. The molecule has 1 saturated heterocycles. The second-order valence-electron chi connectivity index (χ2n) is 4.71. The molecule has 1 aromatic rings. The summed E-state index contributed by atoms with van der Waals surface area (Å²) in [4.78, 5) is 25.3. The van der Waals surface area contributed by atoms with Crippen molar-refractivity contribution in [1.29, 1.82) is 0 Å². The number of hydrogen-bond donors (Lipinski definition) is 3. The zero-order chi connectivity index (χ0) is 14.7. The molecule has 0 unspecified atom stereocenters.